The number of aromatic nitrogens is 2. The zero-order valence-electron chi connectivity index (χ0n) is 11.3. The number of rotatable bonds is 3. The monoisotopic (exact) mass is 262 g/mol. The van der Waals surface area contributed by atoms with Crippen molar-refractivity contribution in [3.8, 4) is 6.07 Å². The molecule has 0 aromatic carbocycles. The Morgan fingerprint density at radius 1 is 1.63 bits per heavy atom. The van der Waals surface area contributed by atoms with E-state index in [1.807, 2.05) is 20.2 Å². The predicted octanol–water partition coefficient (Wildman–Crippen LogP) is 0.665. The van der Waals surface area contributed by atoms with Gasteiger partial charge in [0.05, 0.1) is 11.8 Å². The molecule has 0 saturated carbocycles. The lowest BCUT2D eigenvalue weighted by Gasteiger charge is -2.29. The molecule has 2 rings (SSSR count). The highest BCUT2D eigenvalue weighted by Crippen LogP contribution is 2.29. The second-order valence-electron chi connectivity index (χ2n) is 4.90. The van der Waals surface area contributed by atoms with Crippen LogP contribution >= 0.6 is 0 Å². The number of nitrogens with zero attached hydrogens (tertiary/aromatic N) is 3. The number of carbonyl (C=O) groups is 1. The molecule has 2 heterocycles. The van der Waals surface area contributed by atoms with Crippen molar-refractivity contribution in [1.82, 2.24) is 15.1 Å². The highest BCUT2D eigenvalue weighted by Gasteiger charge is 2.40. The molecule has 1 N–H and O–H groups in total. The molecule has 0 radical (unpaired) electrons. The van der Waals surface area contributed by atoms with Crippen molar-refractivity contribution in [2.75, 3.05) is 13.2 Å². The van der Waals surface area contributed by atoms with Crippen LogP contribution in [0.3, 0.4) is 0 Å². The van der Waals surface area contributed by atoms with Crippen LogP contribution < -0.4 is 5.32 Å². The molecule has 0 spiro atoms. The van der Waals surface area contributed by atoms with Gasteiger partial charge < -0.3 is 10.1 Å². The highest BCUT2D eigenvalue weighted by atomic mass is 16.5. The Morgan fingerprint density at radius 2 is 2.32 bits per heavy atom. The molecule has 1 aliphatic heterocycles. The van der Waals surface area contributed by atoms with Crippen molar-refractivity contribution >= 4 is 5.91 Å². The van der Waals surface area contributed by atoms with Crippen LogP contribution in [0.1, 0.15) is 24.1 Å². The van der Waals surface area contributed by atoms with Crippen LogP contribution in [-0.4, -0.2) is 28.9 Å². The first-order valence-corrected chi connectivity index (χ1v) is 6.34. The van der Waals surface area contributed by atoms with Crippen LogP contribution in [-0.2, 0) is 23.1 Å². The van der Waals surface area contributed by atoms with Crippen LogP contribution in [0.25, 0.3) is 0 Å². The molecule has 0 aliphatic carbocycles. The summed E-state index contributed by atoms with van der Waals surface area (Å²) in [6, 6.07) is 2.16. The number of aryl methyl sites for hydroxylation is 2. The quantitative estimate of drug-likeness (QED) is 0.868. The van der Waals surface area contributed by atoms with E-state index in [1.165, 1.54) is 0 Å². The summed E-state index contributed by atoms with van der Waals surface area (Å²) >= 11 is 0. The Hall–Kier alpha value is -1.87. The molecule has 6 heteroatoms. The Kier molecular flexibility index (Phi) is 3.86. The third-order valence-electron chi connectivity index (χ3n) is 3.55. The predicted molar refractivity (Wildman–Crippen MR) is 67.9 cm³/mol. The van der Waals surface area contributed by atoms with Gasteiger partial charge in [-0.1, -0.05) is 0 Å². The molecule has 1 aliphatic rings. The number of hydrogen-bond acceptors (Lipinski definition) is 4. The number of ether oxygens (including phenoxy) is 1. The van der Waals surface area contributed by atoms with Gasteiger partial charge in [0, 0.05) is 38.6 Å². The molecule has 1 amide bonds. The van der Waals surface area contributed by atoms with Crippen LogP contribution in [0.4, 0.5) is 0 Å². The van der Waals surface area contributed by atoms with Gasteiger partial charge in [0.2, 0.25) is 5.91 Å². The van der Waals surface area contributed by atoms with Crippen molar-refractivity contribution < 1.29 is 9.53 Å². The van der Waals surface area contributed by atoms with Gasteiger partial charge in [0.25, 0.3) is 0 Å². The van der Waals surface area contributed by atoms with Crippen molar-refractivity contribution in [2.24, 2.45) is 12.5 Å². The van der Waals surface area contributed by atoms with E-state index in [-0.39, 0.29) is 5.91 Å². The van der Waals surface area contributed by atoms with E-state index in [1.54, 1.807) is 4.68 Å². The van der Waals surface area contributed by atoms with Crippen molar-refractivity contribution in [1.29, 1.82) is 5.26 Å². The number of nitrogens with one attached hydrogen (secondary N) is 1. The fourth-order valence-corrected chi connectivity index (χ4v) is 2.28. The van der Waals surface area contributed by atoms with E-state index in [0.717, 1.165) is 11.3 Å². The zero-order chi connectivity index (χ0) is 13.9. The summed E-state index contributed by atoms with van der Waals surface area (Å²) in [5, 5.41) is 16.3. The minimum atomic E-state index is -0.936. The second-order valence-corrected chi connectivity index (χ2v) is 4.90. The van der Waals surface area contributed by atoms with Crippen LogP contribution in [0.15, 0.2) is 6.20 Å². The first-order chi connectivity index (χ1) is 9.07. The summed E-state index contributed by atoms with van der Waals surface area (Å²) in [6.07, 6.45) is 2.79. The normalized spacial score (nSPS) is 17.7. The smallest absolute Gasteiger partial charge is 0.240 e. The van der Waals surface area contributed by atoms with Crippen LogP contribution in [0.5, 0.6) is 0 Å². The summed E-state index contributed by atoms with van der Waals surface area (Å²) in [7, 11) is 1.84. The van der Waals surface area contributed by atoms with Crippen LogP contribution in [0.2, 0.25) is 0 Å². The molecule has 0 bridgehead atoms. The minimum absolute atomic E-state index is 0.207. The maximum absolute atomic E-state index is 12.2. The molecule has 1 fully saturated rings. The van der Waals surface area contributed by atoms with E-state index in [4.69, 9.17) is 4.74 Å². The van der Waals surface area contributed by atoms with Crippen LogP contribution in [0, 0.1) is 23.7 Å². The van der Waals surface area contributed by atoms with Crippen molar-refractivity contribution in [3.63, 3.8) is 0 Å². The maximum atomic E-state index is 12.2. The number of amides is 1. The number of carbonyl (C=O) groups excluding carboxylic acids is 1. The zero-order valence-corrected chi connectivity index (χ0v) is 11.3. The molecule has 0 atom stereocenters. The summed E-state index contributed by atoms with van der Waals surface area (Å²) in [5.74, 6) is -0.207. The Bertz CT molecular complexity index is 509. The summed E-state index contributed by atoms with van der Waals surface area (Å²) < 4.78 is 6.93. The third kappa shape index (κ3) is 2.76. The average Bonchev–Trinajstić information content (AvgIpc) is 2.75. The SMILES string of the molecule is Cc1nn(C)cc1CNC(=O)C1(C#N)CCOCC1. The van der Waals surface area contributed by atoms with Gasteiger partial charge in [-0.3, -0.25) is 9.48 Å². The topological polar surface area (TPSA) is 79.9 Å². The Labute approximate surface area is 112 Å². The summed E-state index contributed by atoms with van der Waals surface area (Å²) in [6.45, 7) is 3.23. The third-order valence-corrected chi connectivity index (χ3v) is 3.55. The lowest BCUT2D eigenvalue weighted by Crippen LogP contribution is -2.43. The summed E-state index contributed by atoms with van der Waals surface area (Å²) in [4.78, 5) is 12.2. The molecule has 0 unspecified atom stereocenters. The lowest BCUT2D eigenvalue weighted by molar-refractivity contribution is -0.132. The Balaban J connectivity index is 2.01. The molecule has 1 saturated heterocycles. The van der Waals surface area contributed by atoms with Gasteiger partial charge >= 0.3 is 0 Å². The van der Waals surface area contributed by atoms with Gasteiger partial charge in [-0.2, -0.15) is 10.4 Å². The molecular weight excluding hydrogens is 244 g/mol. The second kappa shape index (κ2) is 5.41. The average molecular weight is 262 g/mol. The molecule has 102 valence electrons. The molecule has 1 aromatic rings. The van der Waals surface area contributed by atoms with Gasteiger partial charge in [-0.05, 0) is 19.8 Å². The molecule has 19 heavy (non-hydrogen) atoms. The minimum Gasteiger partial charge on any atom is -0.381 e. The van der Waals surface area contributed by atoms with E-state index in [2.05, 4.69) is 16.5 Å². The van der Waals surface area contributed by atoms with Crippen molar-refractivity contribution in [3.05, 3.63) is 17.5 Å². The Morgan fingerprint density at radius 3 is 2.84 bits per heavy atom. The number of hydrogen-bond donors (Lipinski definition) is 1. The lowest BCUT2D eigenvalue weighted by atomic mass is 9.81. The molecule has 6 nitrogen and oxygen atoms in total. The first kappa shape index (κ1) is 13.6. The maximum Gasteiger partial charge on any atom is 0.240 e. The van der Waals surface area contributed by atoms with Gasteiger partial charge in [0.15, 0.2) is 0 Å². The molecule has 1 aromatic heterocycles. The fraction of sp³-hybridized carbons (Fsp3) is 0.615. The van der Waals surface area contributed by atoms with E-state index in [0.29, 0.717) is 32.6 Å². The van der Waals surface area contributed by atoms with Gasteiger partial charge in [-0.15, -0.1) is 0 Å². The largest absolute Gasteiger partial charge is 0.381 e. The standard InChI is InChI=1S/C13H18N4O2/c1-10-11(8-17(2)16-10)7-15-12(18)13(9-14)3-5-19-6-4-13/h8H,3-7H2,1-2H3,(H,15,18). The van der Waals surface area contributed by atoms with Crippen molar-refractivity contribution in [2.45, 2.75) is 26.3 Å². The summed E-state index contributed by atoms with van der Waals surface area (Å²) in [5.41, 5.74) is 0.922. The highest BCUT2D eigenvalue weighted by molar-refractivity contribution is 5.85. The van der Waals surface area contributed by atoms with E-state index >= 15 is 0 Å². The number of nitriles is 1. The fourth-order valence-electron chi connectivity index (χ4n) is 2.28. The van der Waals surface area contributed by atoms with Gasteiger partial charge in [-0.25, -0.2) is 0 Å². The van der Waals surface area contributed by atoms with E-state index < -0.39 is 5.41 Å². The first-order valence-electron chi connectivity index (χ1n) is 6.34. The van der Waals surface area contributed by atoms with Gasteiger partial charge in [0.1, 0.15) is 5.41 Å². The van der Waals surface area contributed by atoms with E-state index in [9.17, 15) is 10.1 Å². The molecular formula is C13H18N4O2.